The third-order valence-electron chi connectivity index (χ3n) is 4.30. The second-order valence-electron chi connectivity index (χ2n) is 7.09. The number of fused-ring (bicyclic) bond motifs is 1. The van der Waals surface area contributed by atoms with Crippen LogP contribution in [0.2, 0.25) is 0 Å². The molecule has 1 aromatic carbocycles. The summed E-state index contributed by atoms with van der Waals surface area (Å²) in [4.78, 5) is 30.4. The van der Waals surface area contributed by atoms with Crippen LogP contribution >= 0.6 is 0 Å². The Morgan fingerprint density at radius 2 is 1.85 bits per heavy atom. The lowest BCUT2D eigenvalue weighted by Crippen LogP contribution is -2.41. The molecule has 0 aliphatic carbocycles. The van der Waals surface area contributed by atoms with E-state index in [2.05, 4.69) is 4.98 Å². The quantitative estimate of drug-likeness (QED) is 0.571. The third kappa shape index (κ3) is 4.03. The maximum atomic E-state index is 13.1. The number of aromatic nitrogens is 4. The van der Waals surface area contributed by atoms with Crippen molar-refractivity contribution in [1.82, 2.24) is 18.7 Å². The predicted octanol–water partition coefficient (Wildman–Crippen LogP) is 2.45. The Morgan fingerprint density at radius 3 is 2.52 bits per heavy atom. The first-order valence-electron chi connectivity index (χ1n) is 9.33. The molecule has 2 aromatic heterocycles. The molecule has 3 aromatic rings. The van der Waals surface area contributed by atoms with Crippen LogP contribution in [0.25, 0.3) is 11.2 Å². The van der Waals surface area contributed by atoms with Crippen LogP contribution in [-0.4, -0.2) is 25.3 Å². The van der Waals surface area contributed by atoms with E-state index >= 15 is 0 Å². The molecule has 0 aliphatic rings. The number of benzene rings is 1. The van der Waals surface area contributed by atoms with Gasteiger partial charge in [0.1, 0.15) is 6.73 Å². The van der Waals surface area contributed by atoms with Gasteiger partial charge < -0.3 is 9.30 Å². The van der Waals surface area contributed by atoms with Crippen molar-refractivity contribution in [3.05, 3.63) is 63.1 Å². The van der Waals surface area contributed by atoms with Crippen LogP contribution in [0.15, 0.2) is 46.2 Å². The highest BCUT2D eigenvalue weighted by Gasteiger charge is 2.18. The molecule has 0 amide bonds. The van der Waals surface area contributed by atoms with Crippen molar-refractivity contribution in [1.29, 1.82) is 0 Å². The zero-order valence-electron chi connectivity index (χ0n) is 16.1. The number of nitrogens with zero attached hydrogens (tertiary/aromatic N) is 4. The predicted molar refractivity (Wildman–Crippen MR) is 105 cm³/mol. The van der Waals surface area contributed by atoms with E-state index in [1.807, 2.05) is 51.1 Å². The van der Waals surface area contributed by atoms with Gasteiger partial charge in [-0.3, -0.25) is 9.36 Å². The van der Waals surface area contributed by atoms with Crippen LogP contribution in [0, 0.1) is 5.92 Å². The summed E-state index contributed by atoms with van der Waals surface area (Å²) in [7, 11) is 0. The van der Waals surface area contributed by atoms with E-state index < -0.39 is 0 Å². The van der Waals surface area contributed by atoms with Crippen LogP contribution < -0.4 is 11.2 Å². The molecule has 27 heavy (non-hydrogen) atoms. The fourth-order valence-electron chi connectivity index (χ4n) is 3.08. The number of ether oxygens (including phenoxy) is 1. The Balaban J connectivity index is 2.15. The van der Waals surface area contributed by atoms with Crippen molar-refractivity contribution >= 4 is 11.2 Å². The van der Waals surface area contributed by atoms with Gasteiger partial charge in [0.05, 0.1) is 6.33 Å². The topological polar surface area (TPSA) is 71.1 Å². The van der Waals surface area contributed by atoms with Crippen molar-refractivity contribution in [3.63, 3.8) is 0 Å². The summed E-state index contributed by atoms with van der Waals surface area (Å²) >= 11 is 0. The Morgan fingerprint density at radius 1 is 1.11 bits per heavy atom. The van der Waals surface area contributed by atoms with Crippen LogP contribution in [0.5, 0.6) is 0 Å². The zero-order chi connectivity index (χ0) is 19.4. The lowest BCUT2D eigenvalue weighted by atomic mass is 10.2. The van der Waals surface area contributed by atoms with Crippen molar-refractivity contribution in [3.8, 4) is 0 Å². The highest BCUT2D eigenvalue weighted by Crippen LogP contribution is 2.11. The van der Waals surface area contributed by atoms with Crippen molar-refractivity contribution in [2.75, 3.05) is 6.61 Å². The summed E-state index contributed by atoms with van der Waals surface area (Å²) in [6.07, 6.45) is 2.45. The van der Waals surface area contributed by atoms with Gasteiger partial charge in [0.15, 0.2) is 11.2 Å². The molecule has 3 rings (SSSR count). The third-order valence-corrected chi connectivity index (χ3v) is 4.30. The number of hydrogen-bond donors (Lipinski definition) is 0. The maximum Gasteiger partial charge on any atom is 0.334 e. The van der Waals surface area contributed by atoms with E-state index in [9.17, 15) is 9.59 Å². The molecule has 0 atom stereocenters. The first-order valence-corrected chi connectivity index (χ1v) is 9.33. The van der Waals surface area contributed by atoms with Gasteiger partial charge in [-0.15, -0.1) is 0 Å². The molecule has 7 nitrogen and oxygen atoms in total. The van der Waals surface area contributed by atoms with E-state index in [-0.39, 0.29) is 23.9 Å². The minimum Gasteiger partial charge on any atom is -0.360 e. The maximum absolute atomic E-state index is 13.1. The monoisotopic (exact) mass is 370 g/mol. The molecule has 0 radical (unpaired) electrons. The Hall–Kier alpha value is -2.67. The van der Waals surface area contributed by atoms with Gasteiger partial charge in [-0.05, 0) is 17.9 Å². The molecular weight excluding hydrogens is 344 g/mol. The summed E-state index contributed by atoms with van der Waals surface area (Å²) in [5.74, 6) is 0.243. The van der Waals surface area contributed by atoms with Crippen LogP contribution in [0.3, 0.4) is 0 Å². The molecular formula is C20H26N4O3. The fraction of sp³-hybridized carbons (Fsp3) is 0.450. The Bertz CT molecular complexity index is 1020. The Kier molecular flexibility index (Phi) is 5.91. The first kappa shape index (κ1) is 19.1. The normalized spacial score (nSPS) is 11.6. The SMILES string of the molecule is CCCOCn1c(=O)c2c(ncn2Cc2ccccc2)n(CC(C)C)c1=O. The van der Waals surface area contributed by atoms with Gasteiger partial charge in [0.2, 0.25) is 0 Å². The van der Waals surface area contributed by atoms with Crippen LogP contribution in [0.4, 0.5) is 0 Å². The summed E-state index contributed by atoms with van der Waals surface area (Å²) in [6.45, 7) is 7.50. The van der Waals surface area contributed by atoms with E-state index in [0.29, 0.717) is 30.9 Å². The molecule has 0 saturated carbocycles. The van der Waals surface area contributed by atoms with E-state index in [0.717, 1.165) is 12.0 Å². The van der Waals surface area contributed by atoms with Gasteiger partial charge in [-0.2, -0.15) is 0 Å². The average Bonchev–Trinajstić information content (AvgIpc) is 3.06. The van der Waals surface area contributed by atoms with E-state index in [1.54, 1.807) is 15.5 Å². The molecule has 0 N–H and O–H groups in total. The van der Waals surface area contributed by atoms with Crippen molar-refractivity contribution < 1.29 is 4.74 Å². The molecule has 2 heterocycles. The highest BCUT2D eigenvalue weighted by molar-refractivity contribution is 5.70. The van der Waals surface area contributed by atoms with Crippen LogP contribution in [-0.2, 0) is 24.6 Å². The average molecular weight is 370 g/mol. The molecule has 0 fully saturated rings. The summed E-state index contributed by atoms with van der Waals surface area (Å²) in [6, 6.07) is 9.87. The Labute approximate surface area is 157 Å². The lowest BCUT2D eigenvalue weighted by Gasteiger charge is -2.14. The summed E-state index contributed by atoms with van der Waals surface area (Å²) < 4.78 is 10.1. The van der Waals surface area contributed by atoms with E-state index in [4.69, 9.17) is 4.74 Å². The van der Waals surface area contributed by atoms with Crippen molar-refractivity contribution in [2.24, 2.45) is 5.92 Å². The van der Waals surface area contributed by atoms with Gasteiger partial charge in [-0.25, -0.2) is 14.3 Å². The van der Waals surface area contributed by atoms with E-state index in [1.165, 1.54) is 4.57 Å². The largest absolute Gasteiger partial charge is 0.360 e. The van der Waals surface area contributed by atoms with Gasteiger partial charge in [-0.1, -0.05) is 51.1 Å². The molecule has 0 saturated heterocycles. The van der Waals surface area contributed by atoms with Crippen molar-refractivity contribution in [2.45, 2.75) is 47.0 Å². The fourth-order valence-corrected chi connectivity index (χ4v) is 3.08. The minimum atomic E-state index is -0.373. The summed E-state index contributed by atoms with van der Waals surface area (Å²) in [5.41, 5.74) is 1.19. The molecule has 0 spiro atoms. The zero-order valence-corrected chi connectivity index (χ0v) is 16.1. The lowest BCUT2D eigenvalue weighted by molar-refractivity contribution is 0.0714. The first-order chi connectivity index (χ1) is 13.0. The smallest absolute Gasteiger partial charge is 0.334 e. The number of hydrogen-bond acceptors (Lipinski definition) is 4. The molecule has 7 heteroatoms. The minimum absolute atomic E-state index is 0.0456. The number of rotatable bonds is 8. The molecule has 0 bridgehead atoms. The van der Waals surface area contributed by atoms with Crippen LogP contribution in [0.1, 0.15) is 32.8 Å². The molecule has 144 valence electrons. The molecule has 0 unspecified atom stereocenters. The molecule has 0 aliphatic heterocycles. The van der Waals surface area contributed by atoms with Gasteiger partial charge in [0.25, 0.3) is 5.56 Å². The number of imidazole rings is 1. The van der Waals surface area contributed by atoms with Gasteiger partial charge in [0, 0.05) is 19.7 Å². The second kappa shape index (κ2) is 8.35. The summed E-state index contributed by atoms with van der Waals surface area (Å²) in [5, 5.41) is 0. The van der Waals surface area contributed by atoms with Gasteiger partial charge >= 0.3 is 5.69 Å². The second-order valence-corrected chi connectivity index (χ2v) is 7.09. The standard InChI is InChI=1S/C20H26N4O3/c1-4-10-27-14-24-19(25)17-18(23(20(24)26)11-15(2)3)21-13-22(17)12-16-8-6-5-7-9-16/h5-9,13,15H,4,10-12,14H2,1-3H3. The highest BCUT2D eigenvalue weighted by atomic mass is 16.5.